The molecule has 150 valence electrons. The van der Waals surface area contributed by atoms with Gasteiger partial charge in [0.25, 0.3) is 5.91 Å². The molecule has 1 atom stereocenters. The van der Waals surface area contributed by atoms with E-state index in [9.17, 15) is 4.79 Å². The zero-order valence-electron chi connectivity index (χ0n) is 17.4. The molecule has 0 radical (unpaired) electrons. The quantitative estimate of drug-likeness (QED) is 0.811. The number of anilines is 3. The number of nitrogens with one attached hydrogen (secondary N) is 1. The third-order valence-corrected chi connectivity index (χ3v) is 5.42. The highest BCUT2D eigenvalue weighted by Crippen LogP contribution is 2.25. The first-order valence-corrected chi connectivity index (χ1v) is 10.3. The molecular weight excluding hydrogens is 350 g/mol. The molecule has 2 aromatic rings. The Morgan fingerprint density at radius 2 is 2.04 bits per heavy atom. The minimum absolute atomic E-state index is 0.0228. The van der Waals surface area contributed by atoms with Crippen LogP contribution in [0.5, 0.6) is 0 Å². The van der Waals surface area contributed by atoms with E-state index >= 15 is 0 Å². The number of aryl methyl sites for hydroxylation is 1. The molecule has 6 heteroatoms. The van der Waals surface area contributed by atoms with Crippen molar-refractivity contribution >= 4 is 23.1 Å². The zero-order valence-corrected chi connectivity index (χ0v) is 17.4. The summed E-state index contributed by atoms with van der Waals surface area (Å²) in [6.45, 7) is 12.2. The van der Waals surface area contributed by atoms with Gasteiger partial charge in [-0.3, -0.25) is 4.79 Å². The highest BCUT2D eigenvalue weighted by Gasteiger charge is 2.23. The number of likely N-dealkylation sites (tertiary alicyclic amines) is 1. The van der Waals surface area contributed by atoms with Crippen LogP contribution < -0.4 is 10.2 Å². The maximum Gasteiger partial charge on any atom is 0.274 e. The average Bonchev–Trinajstić information content (AvgIpc) is 2.71. The summed E-state index contributed by atoms with van der Waals surface area (Å²) in [4.78, 5) is 25.6. The predicted molar refractivity (Wildman–Crippen MR) is 114 cm³/mol. The van der Waals surface area contributed by atoms with Gasteiger partial charge in [-0.25, -0.2) is 9.97 Å². The van der Waals surface area contributed by atoms with Crippen molar-refractivity contribution in [1.82, 2.24) is 14.9 Å². The van der Waals surface area contributed by atoms with Crippen LogP contribution in [0.1, 0.15) is 49.7 Å². The minimum Gasteiger partial charge on any atom is -0.372 e. The van der Waals surface area contributed by atoms with Crippen LogP contribution in [0.4, 0.5) is 17.2 Å². The summed E-state index contributed by atoms with van der Waals surface area (Å²) >= 11 is 0. The SMILES string of the molecule is CCN(CC)c1ccc(Nc2cnc(C(=O)N3CCCC(C)C3)cn2)c(C)c1. The third kappa shape index (κ3) is 4.61. The van der Waals surface area contributed by atoms with Crippen LogP contribution in [-0.2, 0) is 0 Å². The summed E-state index contributed by atoms with van der Waals surface area (Å²) < 4.78 is 0. The Kier molecular flexibility index (Phi) is 6.49. The standard InChI is InChI=1S/C22H31N5O/c1-5-26(6-2)18-9-10-19(17(4)12-18)25-21-14-23-20(13-24-21)22(28)27-11-7-8-16(3)15-27/h9-10,12-14,16H,5-8,11,15H2,1-4H3,(H,24,25). The normalized spacial score (nSPS) is 16.7. The number of aromatic nitrogens is 2. The highest BCUT2D eigenvalue weighted by atomic mass is 16.2. The van der Waals surface area contributed by atoms with Crippen molar-refractivity contribution in [3.63, 3.8) is 0 Å². The average molecular weight is 382 g/mol. The van der Waals surface area contributed by atoms with Gasteiger partial charge in [0, 0.05) is 37.6 Å². The van der Waals surface area contributed by atoms with Crippen LogP contribution in [0, 0.1) is 12.8 Å². The number of carbonyl (C=O) groups is 1. The molecule has 1 aliphatic rings. The number of nitrogens with zero attached hydrogens (tertiary/aromatic N) is 4. The summed E-state index contributed by atoms with van der Waals surface area (Å²) in [5.74, 6) is 1.17. The molecule has 6 nitrogen and oxygen atoms in total. The Balaban J connectivity index is 1.68. The van der Waals surface area contributed by atoms with Crippen LogP contribution in [0.2, 0.25) is 0 Å². The Hall–Kier alpha value is -2.63. The van der Waals surface area contributed by atoms with Crippen molar-refractivity contribution in [2.75, 3.05) is 36.4 Å². The molecule has 1 unspecified atom stereocenters. The molecule has 1 saturated heterocycles. The highest BCUT2D eigenvalue weighted by molar-refractivity contribution is 5.92. The van der Waals surface area contributed by atoms with Crippen LogP contribution in [0.15, 0.2) is 30.6 Å². The van der Waals surface area contributed by atoms with Crippen LogP contribution in [-0.4, -0.2) is 47.0 Å². The summed E-state index contributed by atoms with van der Waals surface area (Å²) in [6.07, 6.45) is 5.45. The number of benzene rings is 1. The van der Waals surface area contributed by atoms with Crippen LogP contribution >= 0.6 is 0 Å². The Labute approximate surface area is 168 Å². The molecule has 3 rings (SSSR count). The zero-order chi connectivity index (χ0) is 20.1. The van der Waals surface area contributed by atoms with Gasteiger partial charge in [0.1, 0.15) is 11.5 Å². The van der Waals surface area contributed by atoms with Crippen LogP contribution in [0.3, 0.4) is 0 Å². The summed E-state index contributed by atoms with van der Waals surface area (Å²) in [7, 11) is 0. The van der Waals surface area contributed by atoms with E-state index in [1.807, 2.05) is 4.90 Å². The van der Waals surface area contributed by atoms with Gasteiger partial charge in [0.15, 0.2) is 0 Å². The van der Waals surface area contributed by atoms with E-state index in [1.54, 1.807) is 12.4 Å². The molecule has 0 saturated carbocycles. The second-order valence-electron chi connectivity index (χ2n) is 7.58. The Morgan fingerprint density at radius 1 is 1.25 bits per heavy atom. The number of carbonyl (C=O) groups excluding carboxylic acids is 1. The minimum atomic E-state index is -0.0228. The molecule has 0 aliphatic carbocycles. The lowest BCUT2D eigenvalue weighted by molar-refractivity contribution is 0.0676. The van der Waals surface area contributed by atoms with Gasteiger partial charge in [0.05, 0.1) is 12.4 Å². The molecule has 1 aliphatic heterocycles. The van der Waals surface area contributed by atoms with Gasteiger partial charge in [0.2, 0.25) is 0 Å². The monoisotopic (exact) mass is 381 g/mol. The first kappa shape index (κ1) is 20.1. The molecule has 1 aromatic heterocycles. The molecule has 2 heterocycles. The van der Waals surface area contributed by atoms with Gasteiger partial charge < -0.3 is 15.1 Å². The largest absolute Gasteiger partial charge is 0.372 e. The van der Waals surface area contributed by atoms with Crippen molar-refractivity contribution in [3.05, 3.63) is 41.9 Å². The van der Waals surface area contributed by atoms with Crippen molar-refractivity contribution in [2.24, 2.45) is 5.92 Å². The first-order valence-electron chi connectivity index (χ1n) is 10.3. The smallest absolute Gasteiger partial charge is 0.274 e. The van der Waals surface area contributed by atoms with Gasteiger partial charge in [-0.15, -0.1) is 0 Å². The van der Waals surface area contributed by atoms with Crippen molar-refractivity contribution in [2.45, 2.75) is 40.5 Å². The van der Waals surface area contributed by atoms with Crippen molar-refractivity contribution in [1.29, 1.82) is 0 Å². The fourth-order valence-electron chi connectivity index (χ4n) is 3.75. The lowest BCUT2D eigenvalue weighted by Crippen LogP contribution is -2.39. The summed E-state index contributed by atoms with van der Waals surface area (Å²) in [5.41, 5.74) is 3.77. The van der Waals surface area contributed by atoms with E-state index in [-0.39, 0.29) is 5.91 Å². The fraction of sp³-hybridized carbons (Fsp3) is 0.500. The molecule has 0 bridgehead atoms. The second kappa shape index (κ2) is 9.04. The van der Waals surface area contributed by atoms with E-state index < -0.39 is 0 Å². The maximum absolute atomic E-state index is 12.6. The van der Waals surface area contributed by atoms with Gasteiger partial charge >= 0.3 is 0 Å². The first-order chi connectivity index (χ1) is 13.5. The maximum atomic E-state index is 12.6. The molecule has 1 N–H and O–H groups in total. The van der Waals surface area contributed by atoms with E-state index in [0.29, 0.717) is 17.4 Å². The van der Waals surface area contributed by atoms with E-state index in [0.717, 1.165) is 43.9 Å². The third-order valence-electron chi connectivity index (χ3n) is 5.42. The predicted octanol–water partition coefficient (Wildman–Crippen LogP) is 4.25. The molecule has 1 fully saturated rings. The number of rotatable bonds is 6. The van der Waals surface area contributed by atoms with Crippen molar-refractivity contribution in [3.8, 4) is 0 Å². The lowest BCUT2D eigenvalue weighted by atomic mass is 10.0. The van der Waals surface area contributed by atoms with Crippen molar-refractivity contribution < 1.29 is 4.79 Å². The van der Waals surface area contributed by atoms with E-state index in [4.69, 9.17) is 0 Å². The van der Waals surface area contributed by atoms with Gasteiger partial charge in [-0.2, -0.15) is 0 Å². The number of hydrogen-bond acceptors (Lipinski definition) is 5. The Bertz CT molecular complexity index is 801. The molecule has 0 spiro atoms. The summed E-state index contributed by atoms with van der Waals surface area (Å²) in [5, 5.41) is 3.31. The molecule has 28 heavy (non-hydrogen) atoms. The molecular formula is C22H31N5O. The fourth-order valence-corrected chi connectivity index (χ4v) is 3.75. The van der Waals surface area contributed by atoms with E-state index in [1.165, 1.54) is 12.1 Å². The van der Waals surface area contributed by atoms with Gasteiger partial charge in [-0.05, 0) is 63.3 Å². The van der Waals surface area contributed by atoms with Crippen LogP contribution in [0.25, 0.3) is 0 Å². The second-order valence-corrected chi connectivity index (χ2v) is 7.58. The number of hydrogen-bond donors (Lipinski definition) is 1. The number of amides is 1. The lowest BCUT2D eigenvalue weighted by Gasteiger charge is -2.30. The number of piperidine rings is 1. The Morgan fingerprint density at radius 3 is 2.64 bits per heavy atom. The summed E-state index contributed by atoms with van der Waals surface area (Å²) in [6, 6.07) is 6.36. The molecule has 1 amide bonds. The topological polar surface area (TPSA) is 61.4 Å². The van der Waals surface area contributed by atoms with E-state index in [2.05, 4.69) is 66.1 Å². The molecule has 1 aromatic carbocycles. The van der Waals surface area contributed by atoms with Gasteiger partial charge in [-0.1, -0.05) is 6.92 Å².